The van der Waals surface area contributed by atoms with Gasteiger partial charge in [-0.3, -0.25) is 9.71 Å². The first-order chi connectivity index (χ1) is 15.5. The largest absolute Gasteiger partial charge is 0.280 e. The van der Waals surface area contributed by atoms with Crippen LogP contribution in [-0.4, -0.2) is 33.2 Å². The first-order valence-corrected chi connectivity index (χ1v) is 11.3. The highest BCUT2D eigenvalue weighted by molar-refractivity contribution is 7.92. The Morgan fingerprint density at radius 1 is 0.844 bits per heavy atom. The third-order valence-electron chi connectivity index (χ3n) is 4.91. The summed E-state index contributed by atoms with van der Waals surface area (Å²) in [6.07, 6.45) is 3.37. The number of pyridine rings is 1. The molecule has 5 rings (SSSR count). The van der Waals surface area contributed by atoms with Crippen molar-refractivity contribution in [3.63, 3.8) is 0 Å². The van der Waals surface area contributed by atoms with Gasteiger partial charge in [0.05, 0.1) is 10.6 Å². The van der Waals surface area contributed by atoms with Crippen LogP contribution < -0.4 is 4.72 Å². The van der Waals surface area contributed by atoms with Crippen LogP contribution in [0.5, 0.6) is 0 Å². The highest BCUT2D eigenvalue weighted by atomic mass is 32.2. The average molecular weight is 443 g/mol. The number of aryl methyl sites for hydroxylation is 1. The maximum Gasteiger partial charge on any atom is 0.261 e. The van der Waals surface area contributed by atoms with E-state index in [-0.39, 0.29) is 4.90 Å². The molecule has 158 valence electrons. The van der Waals surface area contributed by atoms with Crippen molar-refractivity contribution in [3.8, 4) is 22.6 Å². The molecule has 0 radical (unpaired) electrons. The van der Waals surface area contributed by atoms with Crippen LogP contribution in [0.25, 0.3) is 28.3 Å². The van der Waals surface area contributed by atoms with Crippen molar-refractivity contribution < 1.29 is 8.42 Å². The van der Waals surface area contributed by atoms with Crippen LogP contribution in [0.3, 0.4) is 0 Å². The summed E-state index contributed by atoms with van der Waals surface area (Å²) >= 11 is 0. The number of benzene rings is 2. The zero-order valence-corrected chi connectivity index (χ0v) is 17.9. The zero-order chi connectivity index (χ0) is 22.1. The zero-order valence-electron chi connectivity index (χ0n) is 17.0. The smallest absolute Gasteiger partial charge is 0.261 e. The van der Waals surface area contributed by atoms with Crippen LogP contribution in [0.4, 0.5) is 5.69 Å². The van der Waals surface area contributed by atoms with Gasteiger partial charge >= 0.3 is 0 Å². The van der Waals surface area contributed by atoms with Crippen molar-refractivity contribution in [2.24, 2.45) is 0 Å². The second-order valence-corrected chi connectivity index (χ2v) is 8.93. The molecular weight excluding hydrogens is 424 g/mol. The molecule has 0 bridgehead atoms. The monoisotopic (exact) mass is 442 g/mol. The van der Waals surface area contributed by atoms with E-state index in [4.69, 9.17) is 0 Å². The van der Waals surface area contributed by atoms with Crippen molar-refractivity contribution in [3.05, 3.63) is 90.8 Å². The van der Waals surface area contributed by atoms with Crippen molar-refractivity contribution in [1.82, 2.24) is 24.8 Å². The molecule has 2 aromatic carbocycles. The Bertz CT molecular complexity index is 1530. The van der Waals surface area contributed by atoms with E-state index in [1.54, 1.807) is 53.3 Å². The van der Waals surface area contributed by atoms with Crippen molar-refractivity contribution >= 4 is 21.4 Å². The molecule has 0 amide bonds. The predicted molar refractivity (Wildman–Crippen MR) is 121 cm³/mol. The topological polar surface area (TPSA) is 102 Å². The van der Waals surface area contributed by atoms with Gasteiger partial charge in [-0.05, 0) is 61.0 Å². The van der Waals surface area contributed by atoms with Crippen LogP contribution in [0.1, 0.15) is 5.56 Å². The van der Waals surface area contributed by atoms with Crippen LogP contribution >= 0.6 is 0 Å². The van der Waals surface area contributed by atoms with E-state index in [1.807, 2.05) is 43.3 Å². The Kier molecular flexibility index (Phi) is 4.87. The summed E-state index contributed by atoms with van der Waals surface area (Å²) in [6.45, 7) is 1.85. The fourth-order valence-electron chi connectivity index (χ4n) is 3.36. The van der Waals surface area contributed by atoms with E-state index >= 15 is 0 Å². The molecule has 1 N–H and O–H groups in total. The molecule has 0 saturated carbocycles. The molecule has 5 aromatic rings. The Labute approximate surface area is 184 Å². The van der Waals surface area contributed by atoms with E-state index in [0.717, 1.165) is 16.7 Å². The van der Waals surface area contributed by atoms with Gasteiger partial charge in [-0.25, -0.2) is 8.42 Å². The lowest BCUT2D eigenvalue weighted by molar-refractivity contribution is 0.601. The van der Waals surface area contributed by atoms with Crippen molar-refractivity contribution in [2.45, 2.75) is 11.8 Å². The first kappa shape index (κ1) is 19.8. The molecule has 0 spiro atoms. The minimum atomic E-state index is -3.70. The molecule has 0 aliphatic heterocycles. The number of aromatic nitrogens is 5. The lowest BCUT2D eigenvalue weighted by Crippen LogP contribution is -2.13. The number of nitrogens with zero attached hydrogens (tertiary/aromatic N) is 5. The molecule has 32 heavy (non-hydrogen) atoms. The molecule has 0 atom stereocenters. The molecule has 0 saturated heterocycles. The number of rotatable bonds is 5. The highest BCUT2D eigenvalue weighted by Crippen LogP contribution is 2.25. The summed E-state index contributed by atoms with van der Waals surface area (Å²) < 4.78 is 29.9. The number of hydrogen-bond donors (Lipinski definition) is 1. The molecule has 3 heterocycles. The number of hydrogen-bond acceptors (Lipinski definition) is 6. The summed E-state index contributed by atoms with van der Waals surface area (Å²) in [5.74, 6) is 0.598. The predicted octanol–water partition coefficient (Wildman–Crippen LogP) is 3.96. The summed E-state index contributed by atoms with van der Waals surface area (Å²) in [4.78, 5) is 4.25. The third kappa shape index (κ3) is 3.81. The normalized spacial score (nSPS) is 11.5. The minimum absolute atomic E-state index is 0.217. The van der Waals surface area contributed by atoms with Crippen molar-refractivity contribution in [2.75, 3.05) is 4.72 Å². The fraction of sp³-hybridized carbons (Fsp3) is 0.0435. The lowest BCUT2D eigenvalue weighted by Gasteiger charge is -2.10. The van der Waals surface area contributed by atoms with Gasteiger partial charge in [-0.1, -0.05) is 24.3 Å². The molecule has 0 fully saturated rings. The van der Waals surface area contributed by atoms with Crippen LogP contribution in [0.2, 0.25) is 0 Å². The van der Waals surface area contributed by atoms with Crippen LogP contribution in [0, 0.1) is 6.92 Å². The average Bonchev–Trinajstić information content (AvgIpc) is 3.23. The van der Waals surface area contributed by atoms with Gasteiger partial charge in [-0.15, -0.1) is 10.2 Å². The van der Waals surface area contributed by atoms with Gasteiger partial charge in [0.15, 0.2) is 11.5 Å². The number of sulfonamides is 1. The van der Waals surface area contributed by atoms with Gasteiger partial charge in [-0.2, -0.15) is 9.61 Å². The van der Waals surface area contributed by atoms with Gasteiger partial charge in [0, 0.05) is 29.2 Å². The highest BCUT2D eigenvalue weighted by Gasteiger charge is 2.15. The SMILES string of the molecule is Cc1cccc(S(=O)(=O)Nc2cccc(-c3ccc4nnc(-c5ccncc5)n4n3)c2)c1. The molecule has 9 heteroatoms. The van der Waals surface area contributed by atoms with Crippen molar-refractivity contribution in [1.29, 1.82) is 0 Å². The first-order valence-electron chi connectivity index (χ1n) is 9.82. The molecule has 0 aliphatic rings. The van der Waals surface area contributed by atoms with Gasteiger partial charge in [0.2, 0.25) is 0 Å². The Morgan fingerprint density at radius 3 is 2.47 bits per heavy atom. The molecule has 8 nitrogen and oxygen atoms in total. The Hall–Kier alpha value is -4.11. The molecular formula is C23H18N6O2S. The number of fused-ring (bicyclic) bond motifs is 1. The Balaban J connectivity index is 1.50. The molecule has 0 aliphatic carbocycles. The number of anilines is 1. The summed E-state index contributed by atoms with van der Waals surface area (Å²) in [5.41, 5.74) is 4.19. The third-order valence-corrected chi connectivity index (χ3v) is 6.29. The molecule has 3 aromatic heterocycles. The molecule has 0 unspecified atom stereocenters. The van der Waals surface area contributed by atoms with Crippen LogP contribution in [-0.2, 0) is 10.0 Å². The Morgan fingerprint density at radius 2 is 1.66 bits per heavy atom. The van der Waals surface area contributed by atoms with E-state index in [9.17, 15) is 8.42 Å². The van der Waals surface area contributed by atoms with E-state index in [2.05, 4.69) is 25.0 Å². The standard InChI is InChI=1S/C23H18N6O2S/c1-16-4-2-7-20(14-16)32(30,31)28-19-6-3-5-18(15-19)21-8-9-22-25-26-23(29(22)27-21)17-10-12-24-13-11-17/h2-15,28H,1H3. The minimum Gasteiger partial charge on any atom is -0.280 e. The van der Waals surface area contributed by atoms with Gasteiger partial charge < -0.3 is 0 Å². The maximum absolute atomic E-state index is 12.8. The van der Waals surface area contributed by atoms with Gasteiger partial charge in [0.1, 0.15) is 0 Å². The summed E-state index contributed by atoms with van der Waals surface area (Å²) in [5, 5.41) is 13.1. The second-order valence-electron chi connectivity index (χ2n) is 7.25. The van der Waals surface area contributed by atoms with E-state index in [1.165, 1.54) is 0 Å². The van der Waals surface area contributed by atoms with E-state index < -0.39 is 10.0 Å². The van der Waals surface area contributed by atoms with Gasteiger partial charge in [0.25, 0.3) is 10.0 Å². The lowest BCUT2D eigenvalue weighted by atomic mass is 10.1. The van der Waals surface area contributed by atoms with E-state index in [0.29, 0.717) is 22.9 Å². The number of nitrogens with one attached hydrogen (secondary N) is 1. The van der Waals surface area contributed by atoms with Crippen LogP contribution in [0.15, 0.2) is 90.1 Å². The second kappa shape index (κ2) is 7.86. The maximum atomic E-state index is 12.8. The quantitative estimate of drug-likeness (QED) is 0.442. The summed E-state index contributed by atoms with van der Waals surface area (Å²) in [7, 11) is -3.70. The fourth-order valence-corrected chi connectivity index (χ4v) is 4.52. The summed E-state index contributed by atoms with van der Waals surface area (Å²) in [6, 6.07) is 21.2.